The number of anilines is 1. The maximum atomic E-state index is 13.8. The lowest BCUT2D eigenvalue weighted by Crippen LogP contribution is -2.40. The number of aromatic amines is 1. The Morgan fingerprint density at radius 3 is 2.44 bits per heavy atom. The van der Waals surface area contributed by atoms with Gasteiger partial charge in [0.25, 0.3) is 11.5 Å². The van der Waals surface area contributed by atoms with Crippen molar-refractivity contribution in [1.82, 2.24) is 10.3 Å². The molecule has 2 aliphatic rings. The Balaban J connectivity index is 1.47. The second kappa shape index (κ2) is 14.2. The molecule has 0 aliphatic carbocycles. The molecule has 3 heterocycles. The molecule has 43 heavy (non-hydrogen) atoms. The van der Waals surface area contributed by atoms with E-state index in [4.69, 9.17) is 9.47 Å². The van der Waals surface area contributed by atoms with E-state index in [0.29, 0.717) is 17.2 Å². The molecule has 0 atom stereocenters. The van der Waals surface area contributed by atoms with Gasteiger partial charge in [-0.05, 0) is 106 Å². The normalized spacial score (nSPS) is 16.0. The lowest BCUT2D eigenvalue weighted by atomic mass is 9.94. The van der Waals surface area contributed by atoms with Gasteiger partial charge < -0.3 is 24.7 Å². The summed E-state index contributed by atoms with van der Waals surface area (Å²) in [5, 5.41) is 3.05. The third kappa shape index (κ3) is 7.46. The molecule has 2 aliphatic heterocycles. The van der Waals surface area contributed by atoms with Crippen LogP contribution in [0.25, 0.3) is 11.1 Å². The zero-order valence-electron chi connectivity index (χ0n) is 26.1. The molecule has 7 heteroatoms. The summed E-state index contributed by atoms with van der Waals surface area (Å²) in [5.41, 5.74) is 9.55. The van der Waals surface area contributed by atoms with Crippen molar-refractivity contribution in [3.63, 3.8) is 0 Å². The van der Waals surface area contributed by atoms with Gasteiger partial charge in [-0.15, -0.1) is 0 Å². The van der Waals surface area contributed by atoms with E-state index in [2.05, 4.69) is 58.5 Å². The summed E-state index contributed by atoms with van der Waals surface area (Å²) in [6, 6.07) is 15.3. The van der Waals surface area contributed by atoms with Crippen LogP contribution in [0, 0.1) is 20.8 Å². The van der Waals surface area contributed by atoms with Crippen molar-refractivity contribution < 1.29 is 14.3 Å². The third-order valence-electron chi connectivity index (χ3n) is 8.81. The highest BCUT2D eigenvalue weighted by molar-refractivity contribution is 5.99. The zero-order chi connectivity index (χ0) is 30.3. The summed E-state index contributed by atoms with van der Waals surface area (Å²) in [6.07, 6.45) is 7.13. The highest BCUT2D eigenvalue weighted by atomic mass is 16.5. The first-order valence-electron chi connectivity index (χ1n) is 15.7. The molecule has 2 aromatic carbocycles. The average molecular weight is 584 g/mol. The number of pyridine rings is 1. The van der Waals surface area contributed by atoms with E-state index in [1.807, 2.05) is 32.9 Å². The Kier molecular flexibility index (Phi) is 10.2. The predicted molar refractivity (Wildman–Crippen MR) is 173 cm³/mol. The van der Waals surface area contributed by atoms with Crippen molar-refractivity contribution in [3.8, 4) is 11.1 Å². The fourth-order valence-corrected chi connectivity index (χ4v) is 6.38. The van der Waals surface area contributed by atoms with Crippen LogP contribution in [0.4, 0.5) is 5.69 Å². The van der Waals surface area contributed by atoms with Crippen LogP contribution in [0.2, 0.25) is 0 Å². The average Bonchev–Trinajstić information content (AvgIpc) is 3.27. The number of benzene rings is 2. The van der Waals surface area contributed by atoms with Crippen LogP contribution in [0.1, 0.15) is 70.9 Å². The second-order valence-corrected chi connectivity index (χ2v) is 11.8. The predicted octanol–water partition coefficient (Wildman–Crippen LogP) is 6.18. The first kappa shape index (κ1) is 30.8. The molecule has 0 saturated carbocycles. The number of carbonyl (C=O) groups excluding carboxylic acids is 1. The highest BCUT2D eigenvalue weighted by Crippen LogP contribution is 2.34. The number of nitrogens with zero attached hydrogens (tertiary/aromatic N) is 1. The van der Waals surface area contributed by atoms with Crippen molar-refractivity contribution in [1.29, 1.82) is 0 Å². The summed E-state index contributed by atoms with van der Waals surface area (Å²) >= 11 is 0. The van der Waals surface area contributed by atoms with Gasteiger partial charge >= 0.3 is 0 Å². The van der Waals surface area contributed by atoms with Crippen molar-refractivity contribution in [2.24, 2.45) is 0 Å². The second-order valence-electron chi connectivity index (χ2n) is 11.8. The summed E-state index contributed by atoms with van der Waals surface area (Å²) in [4.78, 5) is 31.7. The number of amides is 1. The molecule has 7 nitrogen and oxygen atoms in total. The fourth-order valence-electron chi connectivity index (χ4n) is 6.38. The van der Waals surface area contributed by atoms with Crippen molar-refractivity contribution >= 4 is 11.6 Å². The first-order valence-corrected chi connectivity index (χ1v) is 15.7. The van der Waals surface area contributed by atoms with E-state index in [1.54, 1.807) is 0 Å². The monoisotopic (exact) mass is 583 g/mol. The molecule has 5 rings (SSSR count). The van der Waals surface area contributed by atoms with E-state index in [9.17, 15) is 9.59 Å². The molecule has 2 N–H and O–H groups in total. The summed E-state index contributed by atoms with van der Waals surface area (Å²) in [5.74, 6) is -0.179. The highest BCUT2D eigenvalue weighted by Gasteiger charge is 2.25. The number of hydrogen-bond acceptors (Lipinski definition) is 5. The van der Waals surface area contributed by atoms with E-state index in [-0.39, 0.29) is 18.0 Å². The number of nitrogens with one attached hydrogen (secondary N) is 2. The molecule has 0 unspecified atom stereocenters. The van der Waals surface area contributed by atoms with Crippen LogP contribution in [0.5, 0.6) is 0 Å². The number of ether oxygens (including phenoxy) is 2. The SMILES string of the molecule is CCN(c1cc(-c2ccc(CC3=CCCOCC3)cc2)cc(C(=O)NCc2c(C)cc(C)[nH]c2=O)c1C)C1CCOCC1. The van der Waals surface area contributed by atoms with Gasteiger partial charge in [-0.2, -0.15) is 0 Å². The summed E-state index contributed by atoms with van der Waals surface area (Å²) in [7, 11) is 0. The number of H-pyrrole nitrogens is 1. The quantitative estimate of drug-likeness (QED) is 0.294. The van der Waals surface area contributed by atoms with Gasteiger partial charge in [0.1, 0.15) is 0 Å². The molecule has 1 aromatic heterocycles. The molecular formula is C36H45N3O4. The first-order chi connectivity index (χ1) is 20.8. The van der Waals surface area contributed by atoms with Crippen LogP contribution in [-0.4, -0.2) is 49.9 Å². The van der Waals surface area contributed by atoms with Crippen LogP contribution in [0.15, 0.2) is 58.9 Å². The Morgan fingerprint density at radius 2 is 1.72 bits per heavy atom. The summed E-state index contributed by atoms with van der Waals surface area (Å²) < 4.78 is 11.3. The maximum absolute atomic E-state index is 13.8. The van der Waals surface area contributed by atoms with E-state index in [1.165, 1.54) is 11.1 Å². The van der Waals surface area contributed by atoms with Gasteiger partial charge in [-0.1, -0.05) is 35.9 Å². The molecule has 1 fully saturated rings. The Bertz CT molecular complexity index is 1520. The van der Waals surface area contributed by atoms with Gasteiger partial charge in [0, 0.05) is 54.9 Å². The summed E-state index contributed by atoms with van der Waals surface area (Å²) in [6.45, 7) is 12.1. The smallest absolute Gasteiger partial charge is 0.253 e. The number of carbonyl (C=O) groups is 1. The van der Waals surface area contributed by atoms with E-state index in [0.717, 1.165) is 98.7 Å². The van der Waals surface area contributed by atoms with E-state index < -0.39 is 0 Å². The standard InChI is InChI=1S/C36H45N3O4/c1-5-39(31-13-17-43-18-14-31)34-22-30(29-10-8-28(9-11-29)20-27-7-6-15-42-16-12-27)21-32(26(34)4)35(40)37-23-33-24(2)19-25(3)38-36(33)41/h7-11,19,21-22,31H,5-6,12-18,20,23H2,1-4H3,(H,37,40)(H,38,41). The fraction of sp³-hybridized carbons (Fsp3) is 0.444. The topological polar surface area (TPSA) is 83.7 Å². The lowest BCUT2D eigenvalue weighted by molar-refractivity contribution is 0.0846. The molecule has 0 bridgehead atoms. The number of rotatable bonds is 9. The zero-order valence-corrected chi connectivity index (χ0v) is 26.1. The van der Waals surface area contributed by atoms with Crippen molar-refractivity contribution in [2.75, 3.05) is 37.9 Å². The number of aryl methyl sites for hydroxylation is 2. The van der Waals surface area contributed by atoms with Crippen molar-refractivity contribution in [3.05, 3.63) is 98.0 Å². The lowest BCUT2D eigenvalue weighted by Gasteiger charge is -2.37. The third-order valence-corrected chi connectivity index (χ3v) is 8.81. The van der Waals surface area contributed by atoms with Crippen molar-refractivity contribution in [2.45, 2.75) is 72.4 Å². The van der Waals surface area contributed by atoms with Crippen LogP contribution in [-0.2, 0) is 22.4 Å². The Morgan fingerprint density at radius 1 is 0.977 bits per heavy atom. The van der Waals surface area contributed by atoms with Crippen LogP contribution in [0.3, 0.4) is 0 Å². The van der Waals surface area contributed by atoms with Gasteiger partial charge in [0.05, 0.1) is 13.2 Å². The van der Waals surface area contributed by atoms with E-state index >= 15 is 0 Å². The minimum atomic E-state index is -0.179. The molecule has 0 spiro atoms. The minimum Gasteiger partial charge on any atom is -0.381 e. The Labute approximate surface area is 255 Å². The minimum absolute atomic E-state index is 0.159. The van der Waals surface area contributed by atoms with Crippen LogP contribution >= 0.6 is 0 Å². The molecule has 0 radical (unpaired) electrons. The molecule has 1 amide bonds. The van der Waals surface area contributed by atoms with Gasteiger partial charge in [0.2, 0.25) is 0 Å². The van der Waals surface area contributed by atoms with Crippen LogP contribution < -0.4 is 15.8 Å². The maximum Gasteiger partial charge on any atom is 0.253 e. The van der Waals surface area contributed by atoms with Gasteiger partial charge in [-0.25, -0.2) is 0 Å². The molecular weight excluding hydrogens is 538 g/mol. The number of hydrogen-bond donors (Lipinski definition) is 2. The number of aromatic nitrogens is 1. The Hall–Kier alpha value is -3.68. The largest absolute Gasteiger partial charge is 0.381 e. The molecule has 228 valence electrons. The van der Waals surface area contributed by atoms with Gasteiger partial charge in [-0.3, -0.25) is 9.59 Å². The molecule has 1 saturated heterocycles. The van der Waals surface area contributed by atoms with Gasteiger partial charge in [0.15, 0.2) is 0 Å². The molecule has 3 aromatic rings.